The average molecular weight is 192 g/mol. The molecule has 0 spiro atoms. The average Bonchev–Trinajstić information content (AvgIpc) is 2.64. The van der Waals surface area contributed by atoms with Crippen LogP contribution in [0.15, 0.2) is 23.4 Å². The van der Waals surface area contributed by atoms with Gasteiger partial charge in [0.2, 0.25) is 0 Å². The predicted molar refractivity (Wildman–Crippen MR) is 53.3 cm³/mol. The Morgan fingerprint density at radius 2 is 2.64 bits per heavy atom. The van der Waals surface area contributed by atoms with Gasteiger partial charge in [-0.3, -0.25) is 0 Å². The fraction of sp³-hybridized carbons (Fsp3) is 0.333. The van der Waals surface area contributed by atoms with E-state index in [-0.39, 0.29) is 6.44 Å². The summed E-state index contributed by atoms with van der Waals surface area (Å²) in [7, 11) is -0.130. The van der Waals surface area contributed by atoms with Crippen molar-refractivity contribution in [2.75, 3.05) is 6.44 Å². The first-order valence-electron chi connectivity index (χ1n) is 4.17. The van der Waals surface area contributed by atoms with Crippen LogP contribution in [0, 0.1) is 0 Å². The number of nitrogens with zero attached hydrogens (tertiary/aromatic N) is 3. The van der Waals surface area contributed by atoms with E-state index in [4.69, 9.17) is 5.02 Å². The van der Waals surface area contributed by atoms with Crippen LogP contribution in [0.5, 0.6) is 0 Å². The van der Waals surface area contributed by atoms with Gasteiger partial charge in [-0.1, -0.05) is 0 Å². The monoisotopic (exact) mass is 192 g/mol. The van der Waals surface area contributed by atoms with Gasteiger partial charge >= 0.3 is 81.6 Å². The maximum atomic E-state index is 10.2. The van der Waals surface area contributed by atoms with E-state index >= 15 is 0 Å². The second-order valence-electron chi connectivity index (χ2n) is 2.58. The van der Waals surface area contributed by atoms with E-state index in [2.05, 4.69) is 15.3 Å². The summed E-state index contributed by atoms with van der Waals surface area (Å²) in [6.07, 6.45) is 3.38. The Kier molecular flexibility index (Phi) is 4.06. The Morgan fingerprint density at radius 1 is 1.86 bits per heavy atom. The Morgan fingerprint density at radius 3 is 3.14 bits per heavy atom. The van der Waals surface area contributed by atoms with Gasteiger partial charge in [0, 0.05) is 0 Å². The summed E-state index contributed by atoms with van der Waals surface area (Å²) in [4.78, 5) is 3.86. The second kappa shape index (κ2) is 5.33. The van der Waals surface area contributed by atoms with Crippen molar-refractivity contribution in [3.05, 3.63) is 18.5 Å². The molecule has 6 nitrogen and oxygen atoms in total. The second-order valence-corrected chi connectivity index (χ2v) is 2.58. The summed E-state index contributed by atoms with van der Waals surface area (Å²) in [6.45, 7) is 1.52. The topological polar surface area (TPSA) is 79.5 Å². The summed E-state index contributed by atoms with van der Waals surface area (Å²) in [5, 5.41) is 15.7. The molecule has 0 unspecified atom stereocenters. The van der Waals surface area contributed by atoms with Crippen LogP contribution in [0.2, 0.25) is 6.82 Å². The van der Waals surface area contributed by atoms with E-state index < -0.39 is 7.05 Å². The zero-order valence-electron chi connectivity index (χ0n) is 7.79. The molecule has 0 bridgehead atoms. The van der Waals surface area contributed by atoms with Crippen molar-refractivity contribution in [2.45, 2.75) is 6.82 Å². The molecule has 14 heavy (non-hydrogen) atoms. The molecule has 0 saturated carbocycles. The van der Waals surface area contributed by atoms with Crippen LogP contribution < -0.4 is 5.32 Å². The molecule has 0 aliphatic heterocycles. The van der Waals surface area contributed by atoms with Crippen LogP contribution >= 0.6 is 0 Å². The van der Waals surface area contributed by atoms with E-state index in [0.29, 0.717) is 13.1 Å². The van der Waals surface area contributed by atoms with Gasteiger partial charge in [0.05, 0.1) is 0 Å². The third kappa shape index (κ3) is 3.14. The van der Waals surface area contributed by atoms with Crippen molar-refractivity contribution in [2.24, 2.45) is 4.90 Å². The molecule has 72 valence electrons. The molecule has 0 saturated heterocycles. The standard InChI is InChI=1S/C6H10B2N4O2/c1-8(14)11-6(9-5-7-13)12-4-2-3-10-12/h2-4,14H,5H2,1H3,(H,9,11). The molecule has 0 amide bonds. The van der Waals surface area contributed by atoms with Gasteiger partial charge in [-0.25, -0.2) is 0 Å². The molecule has 0 aliphatic rings. The summed E-state index contributed by atoms with van der Waals surface area (Å²) >= 11 is 0. The zero-order valence-corrected chi connectivity index (χ0v) is 7.79. The summed E-state index contributed by atoms with van der Waals surface area (Å²) < 4.78 is 11.6. The SMILES string of the molecule is CB(O)N=C(NCB=O)n1cccn1. The van der Waals surface area contributed by atoms with Crippen molar-refractivity contribution >= 4 is 20.2 Å². The van der Waals surface area contributed by atoms with Crippen molar-refractivity contribution in [3.8, 4) is 0 Å². The van der Waals surface area contributed by atoms with Crippen LogP contribution in [0.1, 0.15) is 0 Å². The summed E-state index contributed by atoms with van der Waals surface area (Å²) in [5.74, 6) is 0.345. The Balaban J connectivity index is 2.77. The minimum absolute atomic E-state index is 0.130. The Hall–Kier alpha value is -1.43. The number of nitrogens with one attached hydrogen (secondary N) is 1. The van der Waals surface area contributed by atoms with Crippen LogP contribution in [0.4, 0.5) is 0 Å². The summed E-state index contributed by atoms with van der Waals surface area (Å²) in [5.41, 5.74) is 0. The van der Waals surface area contributed by atoms with E-state index in [0.717, 1.165) is 0 Å². The quantitative estimate of drug-likeness (QED) is 0.357. The first-order chi connectivity index (χ1) is 6.74. The van der Waals surface area contributed by atoms with Gasteiger partial charge in [-0.15, -0.1) is 0 Å². The molecule has 0 aromatic carbocycles. The van der Waals surface area contributed by atoms with Crippen LogP contribution in [-0.4, -0.2) is 41.4 Å². The van der Waals surface area contributed by atoms with Gasteiger partial charge < -0.3 is 0 Å². The van der Waals surface area contributed by atoms with Gasteiger partial charge in [-0.2, -0.15) is 0 Å². The van der Waals surface area contributed by atoms with Gasteiger partial charge in [0.25, 0.3) is 0 Å². The third-order valence-corrected chi connectivity index (χ3v) is 1.37. The molecule has 1 heterocycles. The molecular formula is C6H10B2N4O2. The first-order valence-corrected chi connectivity index (χ1v) is 4.17. The number of rotatable bonds is 3. The number of hydrogen-bond donors (Lipinski definition) is 2. The molecule has 1 aromatic rings. The van der Waals surface area contributed by atoms with E-state index in [1.165, 1.54) is 11.5 Å². The molecule has 2 N–H and O–H groups in total. The van der Waals surface area contributed by atoms with E-state index in [1.807, 2.05) is 0 Å². The molecule has 8 heteroatoms. The van der Waals surface area contributed by atoms with Crippen molar-refractivity contribution in [3.63, 3.8) is 0 Å². The maximum absolute atomic E-state index is 10.2. The number of hydrogen-bond acceptors (Lipinski definition) is 4. The normalized spacial score (nSPS) is 10.9. The van der Waals surface area contributed by atoms with Crippen LogP contribution in [0.25, 0.3) is 0 Å². The van der Waals surface area contributed by atoms with Crippen molar-refractivity contribution < 1.29 is 9.73 Å². The molecule has 0 aliphatic carbocycles. The van der Waals surface area contributed by atoms with Crippen LogP contribution in [0.3, 0.4) is 0 Å². The van der Waals surface area contributed by atoms with Gasteiger partial charge in [0.15, 0.2) is 0 Å². The van der Waals surface area contributed by atoms with Gasteiger partial charge in [0.1, 0.15) is 0 Å². The fourth-order valence-corrected chi connectivity index (χ4v) is 0.890. The van der Waals surface area contributed by atoms with E-state index in [9.17, 15) is 4.70 Å². The molecule has 0 radical (unpaired) electrons. The van der Waals surface area contributed by atoms with Crippen molar-refractivity contribution in [1.82, 2.24) is 15.1 Å². The Bertz CT molecular complexity index is 312. The number of aromatic nitrogens is 2. The molecule has 1 rings (SSSR count). The molecule has 0 atom stereocenters. The zero-order chi connectivity index (χ0) is 10.4. The third-order valence-electron chi connectivity index (χ3n) is 1.37. The van der Waals surface area contributed by atoms with Gasteiger partial charge in [-0.05, 0) is 0 Å². The van der Waals surface area contributed by atoms with E-state index in [1.54, 1.807) is 18.5 Å². The molecule has 1 aromatic heterocycles. The predicted octanol–water partition coefficient (Wildman–Crippen LogP) is -1.21. The van der Waals surface area contributed by atoms with Crippen molar-refractivity contribution in [1.29, 1.82) is 0 Å². The fourth-order valence-electron chi connectivity index (χ4n) is 0.890. The van der Waals surface area contributed by atoms with Crippen LogP contribution in [-0.2, 0) is 4.70 Å². The Labute approximate surface area is 82.4 Å². The minimum atomic E-state index is -0.839. The molecule has 0 fully saturated rings. The summed E-state index contributed by atoms with van der Waals surface area (Å²) in [6, 6.07) is 1.72. The first kappa shape index (κ1) is 10.6. The molecular weight excluding hydrogens is 182 g/mol.